The molecule has 0 saturated carbocycles. The summed E-state index contributed by atoms with van der Waals surface area (Å²) in [5.41, 5.74) is 32.2. The largest absolute Gasteiger partial charge is 0.370 e. The Morgan fingerprint density at radius 1 is 0.486 bits per heavy atom. The molecule has 0 spiro atoms. The first-order chi connectivity index (χ1) is 34.7. The van der Waals surface area contributed by atoms with Crippen LogP contribution < -0.4 is 60.6 Å². The van der Waals surface area contributed by atoms with Gasteiger partial charge in [-0.25, -0.2) is 0 Å². The number of aliphatic imine (C=N–C) groups is 1. The number of guanidine groups is 1. The Balaban J connectivity index is 1.41. The zero-order valence-electron chi connectivity index (χ0n) is 40.7. The number of amides is 7. The van der Waals surface area contributed by atoms with E-state index in [1.54, 1.807) is 36.7 Å². The summed E-state index contributed by atoms with van der Waals surface area (Å²) in [6.45, 7) is 2.10. The molecular formula is C51H70N14O7. The highest BCUT2D eigenvalue weighted by molar-refractivity contribution is 5.98. The normalized spacial score (nSPS) is 13.7. The number of nitrogens with one attached hydrogen (secondary N) is 8. The number of rotatable bonds is 30. The second-order valence-corrected chi connectivity index (χ2v) is 17.8. The number of para-hydroxylation sites is 2. The molecule has 0 bridgehead atoms. The number of aromatic amines is 2. The molecule has 18 N–H and O–H groups in total. The number of carbonyl (C=O) groups is 7. The highest BCUT2D eigenvalue weighted by Gasteiger charge is 2.34. The zero-order valence-corrected chi connectivity index (χ0v) is 40.7. The van der Waals surface area contributed by atoms with Crippen LogP contribution in [0.5, 0.6) is 0 Å². The molecule has 21 nitrogen and oxygen atoms in total. The molecule has 21 heteroatoms. The number of nitrogens with zero attached hydrogens (tertiary/aromatic N) is 1. The molecule has 2 heterocycles. The second kappa shape index (κ2) is 28.2. The topological polar surface area (TPSA) is 366 Å². The van der Waals surface area contributed by atoms with Crippen LogP contribution in [0.1, 0.15) is 75.0 Å². The molecule has 5 rings (SSSR count). The van der Waals surface area contributed by atoms with E-state index in [-0.39, 0.29) is 51.0 Å². The number of hydrogen-bond donors (Lipinski definition) is 13. The maximum absolute atomic E-state index is 14.7. The molecule has 0 unspecified atom stereocenters. The van der Waals surface area contributed by atoms with E-state index >= 15 is 0 Å². The average Bonchev–Trinajstić information content (AvgIpc) is 3.97. The molecule has 0 fully saturated rings. The van der Waals surface area contributed by atoms with Gasteiger partial charge in [-0.3, -0.25) is 38.6 Å². The van der Waals surface area contributed by atoms with Crippen LogP contribution in [0.4, 0.5) is 0 Å². The summed E-state index contributed by atoms with van der Waals surface area (Å²) in [5.74, 6) is -4.78. The van der Waals surface area contributed by atoms with Gasteiger partial charge in [0.15, 0.2) is 5.96 Å². The quantitative estimate of drug-likeness (QED) is 0.0170. The summed E-state index contributed by atoms with van der Waals surface area (Å²) in [4.78, 5) is 107. The lowest BCUT2D eigenvalue weighted by Crippen LogP contribution is -2.60. The van der Waals surface area contributed by atoms with Crippen LogP contribution in [0.3, 0.4) is 0 Å². The summed E-state index contributed by atoms with van der Waals surface area (Å²) in [5, 5.41) is 18.4. The van der Waals surface area contributed by atoms with Crippen LogP contribution >= 0.6 is 0 Å². The van der Waals surface area contributed by atoms with Crippen molar-refractivity contribution in [2.24, 2.45) is 33.7 Å². The van der Waals surface area contributed by atoms with Crippen molar-refractivity contribution in [1.29, 1.82) is 0 Å². The third-order valence-corrected chi connectivity index (χ3v) is 12.2. The van der Waals surface area contributed by atoms with Crippen molar-refractivity contribution >= 4 is 69.1 Å². The molecule has 7 amide bonds. The highest BCUT2D eigenvalue weighted by Crippen LogP contribution is 2.21. The number of aromatic nitrogens is 2. The fourth-order valence-corrected chi connectivity index (χ4v) is 8.43. The molecule has 0 aliphatic carbocycles. The Hall–Kier alpha value is -7.78. The van der Waals surface area contributed by atoms with Crippen LogP contribution in [-0.2, 0) is 52.8 Å². The molecule has 0 aliphatic heterocycles. The van der Waals surface area contributed by atoms with E-state index in [2.05, 4.69) is 46.9 Å². The first-order valence-corrected chi connectivity index (χ1v) is 24.3. The molecule has 0 saturated heterocycles. The van der Waals surface area contributed by atoms with Gasteiger partial charge >= 0.3 is 0 Å². The predicted octanol–water partition coefficient (Wildman–Crippen LogP) is 0.403. The average molecular weight is 991 g/mol. The molecule has 72 heavy (non-hydrogen) atoms. The van der Waals surface area contributed by atoms with Gasteiger partial charge in [-0.15, -0.1) is 0 Å². The Morgan fingerprint density at radius 2 is 0.889 bits per heavy atom. The number of unbranched alkanes of at least 4 members (excludes halogenated alkanes) is 2. The van der Waals surface area contributed by atoms with Gasteiger partial charge in [0.05, 0.1) is 0 Å². The van der Waals surface area contributed by atoms with Crippen molar-refractivity contribution in [1.82, 2.24) is 41.9 Å². The van der Waals surface area contributed by atoms with Gasteiger partial charge in [0.1, 0.15) is 36.3 Å². The van der Waals surface area contributed by atoms with Gasteiger partial charge in [-0.05, 0) is 93.3 Å². The summed E-state index contributed by atoms with van der Waals surface area (Å²) in [7, 11) is 0. The van der Waals surface area contributed by atoms with Crippen molar-refractivity contribution in [3.63, 3.8) is 0 Å². The van der Waals surface area contributed by atoms with Crippen molar-refractivity contribution in [2.45, 2.75) is 114 Å². The van der Waals surface area contributed by atoms with Crippen molar-refractivity contribution < 1.29 is 33.6 Å². The van der Waals surface area contributed by atoms with Crippen molar-refractivity contribution in [3.05, 3.63) is 108 Å². The van der Waals surface area contributed by atoms with Crippen LogP contribution in [0.2, 0.25) is 0 Å². The number of carbonyl (C=O) groups excluding carboxylic acids is 7. The summed E-state index contributed by atoms with van der Waals surface area (Å²) < 4.78 is 0. The molecule has 0 aliphatic rings. The minimum Gasteiger partial charge on any atom is -0.370 e. The minimum absolute atomic E-state index is 0.0238. The van der Waals surface area contributed by atoms with E-state index in [0.29, 0.717) is 56.3 Å². The van der Waals surface area contributed by atoms with E-state index < -0.39 is 77.6 Å². The van der Waals surface area contributed by atoms with E-state index in [1.807, 2.05) is 54.6 Å². The first kappa shape index (κ1) is 55.2. The number of hydrogen-bond acceptors (Lipinski definition) is 10. The SMILES string of the molecule is CC(=O)N[C@@H](CCCN=C(N)N)C(=O)N[C@@H](CCCCN)C(=O)N[C@@H](Cc1c[nH]c2ccccc12)C(=O)N[C@@H](CCCCN)C(=O)N[C@@H](Cc1ccccc1)C(=O)N[C@@H](Cc1c[nH]c2ccccc12)C(N)=O. The van der Waals surface area contributed by atoms with Crippen LogP contribution in [-0.4, -0.2) is 113 Å². The Labute approximate surface area is 418 Å². The Bertz CT molecular complexity index is 2630. The lowest BCUT2D eigenvalue weighted by atomic mass is 10.0. The smallest absolute Gasteiger partial charge is 0.243 e. The van der Waals surface area contributed by atoms with Gasteiger partial charge in [0.2, 0.25) is 41.4 Å². The van der Waals surface area contributed by atoms with Crippen LogP contribution in [0, 0.1) is 0 Å². The second-order valence-electron chi connectivity index (χ2n) is 17.8. The molecule has 386 valence electrons. The lowest BCUT2D eigenvalue weighted by Gasteiger charge is -2.28. The number of benzene rings is 3. The summed E-state index contributed by atoms with van der Waals surface area (Å²) in [6.07, 6.45) is 6.18. The lowest BCUT2D eigenvalue weighted by molar-refractivity contribution is -0.135. The minimum atomic E-state index is -1.30. The highest BCUT2D eigenvalue weighted by atomic mass is 16.2. The van der Waals surface area contributed by atoms with Gasteiger partial charge in [0, 0.05) is 66.9 Å². The van der Waals surface area contributed by atoms with E-state index in [1.165, 1.54) is 6.92 Å². The number of fused-ring (bicyclic) bond motifs is 2. The maximum Gasteiger partial charge on any atom is 0.243 e. The number of primary amides is 1. The van der Waals surface area contributed by atoms with Crippen LogP contribution in [0.25, 0.3) is 21.8 Å². The van der Waals surface area contributed by atoms with Crippen LogP contribution in [0.15, 0.2) is 96.2 Å². The van der Waals surface area contributed by atoms with Crippen molar-refractivity contribution in [2.75, 3.05) is 19.6 Å². The molecular weight excluding hydrogens is 921 g/mol. The fourth-order valence-electron chi connectivity index (χ4n) is 8.43. The standard InChI is InChI=1S/C51H70N14O7/c1-31(66)60-39(22-13-25-57-51(55)56)46(68)61-40(20-9-11-23-52)48(70)65-44(28-34-30-59-38-19-8-6-17-36(34)38)50(72)62-41(21-10-12-24-53)47(69)64-43(26-32-14-3-2-4-15-32)49(71)63-42(45(54)67)27-33-29-58-37-18-7-5-16-35(33)37/h2-8,14-19,29-30,39-44,58-59H,9-13,20-28,52-53H2,1H3,(H2,54,67)(H,60,66)(H,61,68)(H,62,72)(H,63,71)(H,64,69)(H,65,70)(H4,55,56,57)/t39-,40-,41-,42-,43-,44-/m0/s1. The molecule has 0 radical (unpaired) electrons. The predicted molar refractivity (Wildman–Crippen MR) is 276 cm³/mol. The van der Waals surface area contributed by atoms with Gasteiger partial charge in [0.25, 0.3) is 0 Å². The summed E-state index contributed by atoms with van der Waals surface area (Å²) in [6, 6.07) is 16.8. The van der Waals surface area contributed by atoms with Crippen molar-refractivity contribution in [3.8, 4) is 0 Å². The number of H-pyrrole nitrogens is 2. The molecule has 3 aromatic carbocycles. The number of nitrogens with two attached hydrogens (primary N) is 5. The first-order valence-electron chi connectivity index (χ1n) is 24.3. The maximum atomic E-state index is 14.7. The molecule has 2 aromatic heterocycles. The third kappa shape index (κ3) is 17.0. The summed E-state index contributed by atoms with van der Waals surface area (Å²) >= 11 is 0. The fraction of sp³-hybridized carbons (Fsp3) is 0.412. The molecule has 5 aromatic rings. The van der Waals surface area contributed by atoms with E-state index in [0.717, 1.165) is 27.4 Å². The Kier molecular flexibility index (Phi) is 21.6. The zero-order chi connectivity index (χ0) is 52.0. The monoisotopic (exact) mass is 991 g/mol. The van der Waals surface area contributed by atoms with E-state index in [4.69, 9.17) is 28.7 Å². The van der Waals surface area contributed by atoms with Gasteiger partial charge in [-0.2, -0.15) is 0 Å². The van der Waals surface area contributed by atoms with Gasteiger partial charge in [-0.1, -0.05) is 66.7 Å². The van der Waals surface area contributed by atoms with E-state index in [9.17, 15) is 33.6 Å². The Morgan fingerprint density at radius 3 is 1.36 bits per heavy atom. The molecule has 6 atom stereocenters. The van der Waals surface area contributed by atoms with Gasteiger partial charge < -0.3 is 70.5 Å². The third-order valence-electron chi connectivity index (χ3n) is 12.2.